The number of benzene rings is 2. The molecule has 0 saturated carbocycles. The molecule has 36 heavy (non-hydrogen) atoms. The highest BCUT2D eigenvalue weighted by atomic mass is 31.2. The van der Waals surface area contributed by atoms with Gasteiger partial charge in [0.1, 0.15) is 5.56 Å². The van der Waals surface area contributed by atoms with E-state index in [-0.39, 0.29) is 5.82 Å². The van der Waals surface area contributed by atoms with Crippen LogP contribution in [0.5, 0.6) is 0 Å². The van der Waals surface area contributed by atoms with Crippen LogP contribution in [0.25, 0.3) is 21.8 Å². The van der Waals surface area contributed by atoms with Gasteiger partial charge in [0, 0.05) is 23.1 Å². The highest BCUT2D eigenvalue weighted by Crippen LogP contribution is 2.35. The number of pyridine rings is 1. The number of phosphoric ester groups is 1. The van der Waals surface area contributed by atoms with Crippen molar-refractivity contribution in [2.45, 2.75) is 26.0 Å². The third kappa shape index (κ3) is 6.79. The fraction of sp³-hybridized carbons (Fsp3) is 0.167. The molecule has 184 valence electrons. The molecule has 11 nitrogen and oxygen atoms in total. The normalized spacial score (nSPS) is 11.3. The minimum absolute atomic E-state index is 0.225. The lowest BCUT2D eigenvalue weighted by Gasteiger charge is -2.07. The molecule has 0 spiro atoms. The van der Waals surface area contributed by atoms with Crippen molar-refractivity contribution >= 4 is 19.3 Å². The second kappa shape index (κ2) is 11.2. The third-order valence-corrected chi connectivity index (χ3v) is 5.94. The van der Waals surface area contributed by atoms with Crippen LogP contribution in [0.1, 0.15) is 22.4 Å². The van der Waals surface area contributed by atoms with Crippen LogP contribution in [-0.2, 0) is 35.1 Å². The van der Waals surface area contributed by atoms with Gasteiger partial charge in [-0.05, 0) is 53.3 Å². The number of hydrogen-bond donors (Lipinski definition) is 3. The Morgan fingerprint density at radius 2 is 1.81 bits per heavy atom. The van der Waals surface area contributed by atoms with E-state index >= 15 is 0 Å². The number of aromatic nitrogens is 2. The molecule has 0 aliphatic heterocycles. The Morgan fingerprint density at radius 1 is 1.06 bits per heavy atom. The van der Waals surface area contributed by atoms with Gasteiger partial charge in [0.25, 0.3) is 5.82 Å². The minimum Gasteiger partial charge on any atom is -0.356 e. The van der Waals surface area contributed by atoms with Crippen LogP contribution in [0.15, 0.2) is 82.6 Å². The van der Waals surface area contributed by atoms with Crippen LogP contribution < -0.4 is 10.3 Å². The number of azide groups is 1. The Hall–Kier alpha value is -3.98. The van der Waals surface area contributed by atoms with Gasteiger partial charge < -0.3 is 14.3 Å². The number of rotatable bonds is 10. The summed E-state index contributed by atoms with van der Waals surface area (Å²) < 4.78 is 22.3. The Bertz CT molecular complexity index is 1440. The number of nitrogen functional groups attached to an aromatic ring is 1. The Morgan fingerprint density at radius 3 is 2.56 bits per heavy atom. The first-order chi connectivity index (χ1) is 17.3. The molecule has 0 aliphatic rings. The Kier molecular flexibility index (Phi) is 7.80. The average molecular weight is 507 g/mol. The molecule has 4 N–H and O–H groups in total. The number of anilines is 1. The van der Waals surface area contributed by atoms with Gasteiger partial charge in [-0.3, -0.25) is 5.73 Å². The molecule has 0 radical (unpaired) electrons. The van der Waals surface area contributed by atoms with Crippen LogP contribution in [-0.4, -0.2) is 14.9 Å². The molecule has 0 saturated heterocycles. The quantitative estimate of drug-likeness (QED) is 0.0925. The van der Waals surface area contributed by atoms with E-state index in [1.165, 1.54) is 10.1 Å². The predicted molar refractivity (Wildman–Crippen MR) is 132 cm³/mol. The van der Waals surface area contributed by atoms with Crippen molar-refractivity contribution in [3.63, 3.8) is 0 Å². The van der Waals surface area contributed by atoms with E-state index in [1.54, 1.807) is 30.5 Å². The zero-order chi connectivity index (χ0) is 25.5. The minimum atomic E-state index is -4.63. The maximum atomic E-state index is 11.0. The lowest BCUT2D eigenvalue weighted by molar-refractivity contribution is -0.711. The van der Waals surface area contributed by atoms with Gasteiger partial charge in [0.2, 0.25) is 6.73 Å². The van der Waals surface area contributed by atoms with Crippen LogP contribution in [0.2, 0.25) is 0 Å². The van der Waals surface area contributed by atoms with Gasteiger partial charge in [-0.15, -0.1) is 0 Å². The first kappa shape index (κ1) is 25.1. The molecule has 0 amide bonds. The number of phosphoric acid groups is 1. The average Bonchev–Trinajstić information content (AvgIpc) is 3.31. The van der Waals surface area contributed by atoms with E-state index in [0.29, 0.717) is 29.1 Å². The number of nitrogens with two attached hydrogens (primary N) is 1. The summed E-state index contributed by atoms with van der Waals surface area (Å²) in [6.07, 6.45) is 3.79. The molecule has 2 heterocycles. The second-order valence-corrected chi connectivity index (χ2v) is 9.30. The number of nitrogens with zero attached hydrogens (tertiary/aromatic N) is 5. The number of hydrogen-bond acceptors (Lipinski definition) is 6. The van der Waals surface area contributed by atoms with Crippen LogP contribution in [0, 0.1) is 0 Å². The fourth-order valence-corrected chi connectivity index (χ4v) is 3.97. The highest BCUT2D eigenvalue weighted by molar-refractivity contribution is 7.46. The standard InChI is InChI=1S/C24H23N6O5P/c25-24-22(5-2-12-30(24)16-34-36(31,32)33)23-15-21(28-35-23)14-19-10-7-17(8-11-19)6-9-18-3-1-4-20(13-18)27-29-26/h1-5,7-8,10-13,15,25H,6,9,14,16H2,(H2,31,32,33)/p+1. The molecule has 0 aliphatic carbocycles. The maximum absolute atomic E-state index is 11.0. The maximum Gasteiger partial charge on any atom is 0.472 e. The summed E-state index contributed by atoms with van der Waals surface area (Å²) in [4.78, 5) is 20.7. The zero-order valence-electron chi connectivity index (χ0n) is 19.1. The molecular formula is C24H24N6O5P+. The van der Waals surface area contributed by atoms with Gasteiger partial charge in [-0.1, -0.05) is 52.7 Å². The smallest absolute Gasteiger partial charge is 0.356 e. The summed E-state index contributed by atoms with van der Waals surface area (Å²) in [5.41, 5.74) is 19.9. The first-order valence-electron chi connectivity index (χ1n) is 11.0. The largest absolute Gasteiger partial charge is 0.472 e. The summed E-state index contributed by atoms with van der Waals surface area (Å²) in [5.74, 6) is 0.663. The van der Waals surface area contributed by atoms with Crippen molar-refractivity contribution in [1.82, 2.24) is 5.16 Å². The predicted octanol–water partition coefficient (Wildman–Crippen LogP) is 4.60. The molecule has 0 bridgehead atoms. The SMILES string of the molecule is [N-]=[N+]=Nc1cccc(CCc2ccc(Cc3cc(-c4ccc[n+](COP(=O)(O)O)c4N)on3)cc2)c1. The Balaban J connectivity index is 1.38. The van der Waals surface area contributed by atoms with Crippen LogP contribution in [0.3, 0.4) is 0 Å². The van der Waals surface area contributed by atoms with E-state index in [9.17, 15) is 4.57 Å². The molecule has 2 aromatic carbocycles. The van der Waals surface area contributed by atoms with Gasteiger partial charge in [-0.25, -0.2) is 13.7 Å². The first-order valence-corrected chi connectivity index (χ1v) is 12.5. The molecule has 2 aromatic heterocycles. The molecule has 0 unspecified atom stereocenters. The molecule has 4 aromatic rings. The van der Waals surface area contributed by atoms with E-state index in [2.05, 4.69) is 31.8 Å². The van der Waals surface area contributed by atoms with Gasteiger partial charge in [0.15, 0.2) is 5.76 Å². The highest BCUT2D eigenvalue weighted by Gasteiger charge is 2.20. The topological polar surface area (TPSA) is 171 Å². The lowest BCUT2D eigenvalue weighted by atomic mass is 10.0. The molecule has 12 heteroatoms. The van der Waals surface area contributed by atoms with Gasteiger partial charge in [-0.2, -0.15) is 0 Å². The summed E-state index contributed by atoms with van der Waals surface area (Å²) in [6, 6.07) is 21.0. The van der Waals surface area contributed by atoms with E-state index < -0.39 is 14.6 Å². The van der Waals surface area contributed by atoms with Crippen molar-refractivity contribution < 1.29 is 28.0 Å². The van der Waals surface area contributed by atoms with Gasteiger partial charge in [0.05, 0.1) is 11.9 Å². The molecular weight excluding hydrogens is 483 g/mol. The van der Waals surface area contributed by atoms with Crippen molar-refractivity contribution in [2.24, 2.45) is 5.11 Å². The Labute approximate surface area is 206 Å². The van der Waals surface area contributed by atoms with E-state index in [1.807, 2.05) is 30.3 Å². The van der Waals surface area contributed by atoms with Crippen molar-refractivity contribution in [1.29, 1.82) is 0 Å². The van der Waals surface area contributed by atoms with Crippen molar-refractivity contribution in [3.8, 4) is 11.3 Å². The fourth-order valence-electron chi connectivity index (χ4n) is 3.69. The van der Waals surface area contributed by atoms with E-state index in [4.69, 9.17) is 25.6 Å². The van der Waals surface area contributed by atoms with E-state index in [0.717, 1.165) is 24.0 Å². The van der Waals surface area contributed by atoms with Crippen LogP contribution >= 0.6 is 7.82 Å². The molecule has 0 atom stereocenters. The van der Waals surface area contributed by atoms with Crippen molar-refractivity contribution in [2.75, 3.05) is 5.73 Å². The lowest BCUT2D eigenvalue weighted by Crippen LogP contribution is -2.38. The van der Waals surface area contributed by atoms with Crippen LogP contribution in [0.4, 0.5) is 11.5 Å². The number of aryl methyl sites for hydroxylation is 2. The third-order valence-electron chi connectivity index (χ3n) is 5.49. The van der Waals surface area contributed by atoms with Gasteiger partial charge >= 0.3 is 7.82 Å². The summed E-state index contributed by atoms with van der Waals surface area (Å²) in [7, 11) is -4.63. The second-order valence-electron chi connectivity index (χ2n) is 8.06. The summed E-state index contributed by atoms with van der Waals surface area (Å²) in [6.45, 7) is -0.406. The zero-order valence-corrected chi connectivity index (χ0v) is 20.0. The molecule has 0 fully saturated rings. The molecule has 4 rings (SSSR count). The van der Waals surface area contributed by atoms with Crippen molar-refractivity contribution in [3.05, 3.63) is 106 Å². The summed E-state index contributed by atoms with van der Waals surface area (Å²) >= 11 is 0. The monoisotopic (exact) mass is 507 g/mol. The summed E-state index contributed by atoms with van der Waals surface area (Å²) in [5, 5.41) is 7.78.